The molecular weight excluding hydrogens is 226 g/mol. The number of carbonyl (C=O) groups excluding carboxylic acids is 1. The van der Waals surface area contributed by atoms with Crippen LogP contribution in [0.4, 0.5) is 0 Å². The van der Waals surface area contributed by atoms with Crippen LogP contribution in [0.15, 0.2) is 0 Å². The fourth-order valence-electron chi connectivity index (χ4n) is 2.28. The molecule has 0 aliphatic carbocycles. The zero-order valence-corrected chi connectivity index (χ0v) is 12.5. The molecule has 0 saturated carbocycles. The summed E-state index contributed by atoms with van der Waals surface area (Å²) in [6, 6.07) is 0.244. The van der Waals surface area contributed by atoms with Crippen molar-refractivity contribution in [1.29, 1.82) is 0 Å². The van der Waals surface area contributed by atoms with Crippen molar-refractivity contribution in [3.05, 3.63) is 0 Å². The van der Waals surface area contributed by atoms with Crippen LogP contribution in [0, 0.1) is 11.3 Å². The van der Waals surface area contributed by atoms with Gasteiger partial charge in [-0.15, -0.1) is 0 Å². The molecule has 18 heavy (non-hydrogen) atoms. The van der Waals surface area contributed by atoms with E-state index in [1.807, 2.05) is 0 Å². The minimum atomic E-state index is 0.109. The first-order valence-corrected chi connectivity index (χ1v) is 6.96. The Labute approximate surface area is 111 Å². The highest BCUT2D eigenvalue weighted by atomic mass is 16.2. The van der Waals surface area contributed by atoms with Crippen molar-refractivity contribution in [2.45, 2.75) is 39.7 Å². The van der Waals surface area contributed by atoms with Crippen molar-refractivity contribution in [1.82, 2.24) is 15.5 Å². The smallest absolute Gasteiger partial charge is 0.224 e. The van der Waals surface area contributed by atoms with E-state index in [1.165, 1.54) is 0 Å². The van der Waals surface area contributed by atoms with E-state index in [4.69, 9.17) is 0 Å². The number of rotatable bonds is 5. The van der Waals surface area contributed by atoms with Gasteiger partial charge in [-0.05, 0) is 45.4 Å². The fourth-order valence-corrected chi connectivity index (χ4v) is 2.28. The van der Waals surface area contributed by atoms with Gasteiger partial charge >= 0.3 is 0 Å². The molecule has 1 aliphatic rings. The van der Waals surface area contributed by atoms with Gasteiger partial charge in [0.15, 0.2) is 0 Å². The van der Waals surface area contributed by atoms with Crippen LogP contribution >= 0.6 is 0 Å². The van der Waals surface area contributed by atoms with E-state index in [-0.39, 0.29) is 23.3 Å². The Morgan fingerprint density at radius 2 is 2.11 bits per heavy atom. The molecule has 1 fully saturated rings. The molecule has 1 amide bonds. The number of nitrogens with one attached hydrogen (secondary N) is 2. The van der Waals surface area contributed by atoms with Gasteiger partial charge in [0.2, 0.25) is 5.91 Å². The topological polar surface area (TPSA) is 44.4 Å². The molecule has 1 aliphatic heterocycles. The van der Waals surface area contributed by atoms with Crippen LogP contribution in [0.25, 0.3) is 0 Å². The molecule has 4 nitrogen and oxygen atoms in total. The largest absolute Gasteiger partial charge is 0.353 e. The summed E-state index contributed by atoms with van der Waals surface area (Å²) in [5.41, 5.74) is 0.109. The summed E-state index contributed by atoms with van der Waals surface area (Å²) >= 11 is 0. The van der Waals surface area contributed by atoms with E-state index < -0.39 is 0 Å². The number of carbonyl (C=O) groups is 1. The first-order chi connectivity index (χ1) is 8.30. The van der Waals surface area contributed by atoms with Gasteiger partial charge in [0.25, 0.3) is 0 Å². The summed E-state index contributed by atoms with van der Waals surface area (Å²) in [6.07, 6.45) is 1.97. The molecule has 0 aromatic heterocycles. The number of amides is 1. The minimum absolute atomic E-state index is 0.109. The Morgan fingerprint density at radius 3 is 2.56 bits per heavy atom. The number of hydrogen-bond acceptors (Lipinski definition) is 3. The second-order valence-corrected chi connectivity index (χ2v) is 6.71. The van der Waals surface area contributed by atoms with Crippen LogP contribution in [0.5, 0.6) is 0 Å². The molecule has 106 valence electrons. The van der Waals surface area contributed by atoms with Crippen molar-refractivity contribution in [2.75, 3.05) is 33.7 Å². The summed E-state index contributed by atoms with van der Waals surface area (Å²) in [5.74, 6) is 0.382. The molecule has 0 radical (unpaired) electrons. The SMILES string of the molecule is CN(C)CCC(NC(=O)C1CCNC1)C(C)(C)C. The van der Waals surface area contributed by atoms with Gasteiger partial charge in [0.1, 0.15) is 0 Å². The average molecular weight is 255 g/mol. The lowest BCUT2D eigenvalue weighted by Crippen LogP contribution is -2.47. The Kier molecular flexibility index (Phi) is 5.60. The first kappa shape index (κ1) is 15.4. The first-order valence-electron chi connectivity index (χ1n) is 6.96. The van der Waals surface area contributed by atoms with Crippen molar-refractivity contribution in [3.63, 3.8) is 0 Å². The lowest BCUT2D eigenvalue weighted by molar-refractivity contribution is -0.126. The molecule has 1 heterocycles. The second kappa shape index (κ2) is 6.53. The molecule has 0 aromatic carbocycles. The zero-order valence-electron chi connectivity index (χ0n) is 12.5. The Morgan fingerprint density at radius 1 is 1.44 bits per heavy atom. The molecule has 0 spiro atoms. The van der Waals surface area contributed by atoms with Crippen molar-refractivity contribution in [2.24, 2.45) is 11.3 Å². The van der Waals surface area contributed by atoms with Crippen LogP contribution < -0.4 is 10.6 Å². The standard InChI is InChI=1S/C14H29N3O/c1-14(2,3)12(7-9-17(4)5)16-13(18)11-6-8-15-10-11/h11-12,15H,6-10H2,1-5H3,(H,16,18). The Balaban J connectivity index is 2.52. The van der Waals surface area contributed by atoms with Crippen molar-refractivity contribution in [3.8, 4) is 0 Å². The van der Waals surface area contributed by atoms with Gasteiger partial charge in [0.05, 0.1) is 5.92 Å². The van der Waals surface area contributed by atoms with Crippen LogP contribution in [0.2, 0.25) is 0 Å². The molecule has 1 saturated heterocycles. The molecule has 0 aromatic rings. The maximum atomic E-state index is 12.2. The third-order valence-electron chi connectivity index (χ3n) is 3.66. The Bertz CT molecular complexity index is 265. The van der Waals surface area contributed by atoms with Gasteiger partial charge in [0, 0.05) is 12.6 Å². The summed E-state index contributed by atoms with van der Waals surface area (Å²) in [7, 11) is 4.14. The molecule has 0 bridgehead atoms. The summed E-state index contributed by atoms with van der Waals surface area (Å²) in [5, 5.41) is 6.50. The molecular formula is C14H29N3O. The maximum absolute atomic E-state index is 12.2. The van der Waals surface area contributed by atoms with E-state index in [0.717, 1.165) is 32.5 Å². The number of nitrogens with zero attached hydrogens (tertiary/aromatic N) is 1. The third kappa shape index (κ3) is 4.94. The van der Waals surface area contributed by atoms with Gasteiger partial charge in [-0.25, -0.2) is 0 Å². The van der Waals surface area contributed by atoms with Crippen molar-refractivity contribution < 1.29 is 4.79 Å². The summed E-state index contributed by atoms with van der Waals surface area (Å²) in [6.45, 7) is 9.39. The van der Waals surface area contributed by atoms with Gasteiger partial charge in [-0.2, -0.15) is 0 Å². The number of hydrogen-bond donors (Lipinski definition) is 2. The van der Waals surface area contributed by atoms with Crippen LogP contribution in [-0.2, 0) is 4.79 Å². The van der Waals surface area contributed by atoms with E-state index in [2.05, 4.69) is 50.4 Å². The van der Waals surface area contributed by atoms with E-state index in [9.17, 15) is 4.79 Å². The van der Waals surface area contributed by atoms with E-state index in [0.29, 0.717) is 0 Å². The lowest BCUT2D eigenvalue weighted by Gasteiger charge is -2.33. The summed E-state index contributed by atoms with van der Waals surface area (Å²) in [4.78, 5) is 14.4. The highest BCUT2D eigenvalue weighted by Gasteiger charge is 2.29. The average Bonchev–Trinajstić information content (AvgIpc) is 2.74. The van der Waals surface area contributed by atoms with Gasteiger partial charge in [-0.1, -0.05) is 20.8 Å². The fraction of sp³-hybridized carbons (Fsp3) is 0.929. The van der Waals surface area contributed by atoms with Crippen LogP contribution in [0.1, 0.15) is 33.6 Å². The highest BCUT2D eigenvalue weighted by Crippen LogP contribution is 2.23. The van der Waals surface area contributed by atoms with Crippen LogP contribution in [0.3, 0.4) is 0 Å². The lowest BCUT2D eigenvalue weighted by atomic mass is 9.84. The maximum Gasteiger partial charge on any atom is 0.224 e. The highest BCUT2D eigenvalue weighted by molar-refractivity contribution is 5.79. The molecule has 4 heteroatoms. The van der Waals surface area contributed by atoms with Crippen LogP contribution in [-0.4, -0.2) is 50.6 Å². The molecule has 2 atom stereocenters. The quantitative estimate of drug-likeness (QED) is 0.772. The minimum Gasteiger partial charge on any atom is -0.353 e. The molecule has 1 rings (SSSR count). The predicted molar refractivity (Wildman–Crippen MR) is 75.5 cm³/mol. The monoisotopic (exact) mass is 255 g/mol. The second-order valence-electron chi connectivity index (χ2n) is 6.71. The summed E-state index contributed by atoms with van der Waals surface area (Å²) < 4.78 is 0. The molecule has 2 unspecified atom stereocenters. The van der Waals surface area contributed by atoms with Gasteiger partial charge < -0.3 is 15.5 Å². The van der Waals surface area contributed by atoms with Gasteiger partial charge in [-0.3, -0.25) is 4.79 Å². The van der Waals surface area contributed by atoms with E-state index >= 15 is 0 Å². The normalized spacial score (nSPS) is 22.2. The third-order valence-corrected chi connectivity index (χ3v) is 3.66. The van der Waals surface area contributed by atoms with Crippen molar-refractivity contribution >= 4 is 5.91 Å². The zero-order chi connectivity index (χ0) is 13.8. The molecule has 2 N–H and O–H groups in total. The Hall–Kier alpha value is -0.610. The van der Waals surface area contributed by atoms with E-state index in [1.54, 1.807) is 0 Å². The predicted octanol–water partition coefficient (Wildman–Crippen LogP) is 1.08.